The summed E-state index contributed by atoms with van der Waals surface area (Å²) in [7, 11) is 1.36. The minimum atomic E-state index is -0.377. The van der Waals surface area contributed by atoms with E-state index < -0.39 is 0 Å². The number of nitro groups is 1. The average molecular weight is 298 g/mol. The maximum atomic E-state index is 11.1. The van der Waals surface area contributed by atoms with Gasteiger partial charge in [0, 0.05) is 28.3 Å². The zero-order valence-corrected chi connectivity index (χ0v) is 12.8. The Balaban J connectivity index is 2.77. The molecule has 0 saturated heterocycles. The third-order valence-electron chi connectivity index (χ3n) is 2.94. The number of nitrogens with zero attached hydrogens (tertiary/aromatic N) is 2. The maximum Gasteiger partial charge on any atom is 0.306 e. The molecular formula is C13H18N2O4S. The Labute approximate surface area is 122 Å². The fourth-order valence-corrected chi connectivity index (χ4v) is 2.78. The van der Waals surface area contributed by atoms with Crippen molar-refractivity contribution in [1.82, 2.24) is 4.98 Å². The third-order valence-corrected chi connectivity index (χ3v) is 4.12. The summed E-state index contributed by atoms with van der Waals surface area (Å²) < 4.78 is 4.61. The van der Waals surface area contributed by atoms with Crippen LogP contribution >= 0.6 is 11.8 Å². The number of aryl methyl sites for hydroxylation is 1. The lowest BCUT2D eigenvalue weighted by Crippen LogP contribution is -2.09. The molecule has 0 aliphatic heterocycles. The van der Waals surface area contributed by atoms with Crippen molar-refractivity contribution < 1.29 is 14.5 Å². The van der Waals surface area contributed by atoms with E-state index in [1.165, 1.54) is 25.1 Å². The highest BCUT2D eigenvalue weighted by atomic mass is 32.2. The van der Waals surface area contributed by atoms with E-state index in [4.69, 9.17) is 0 Å². The van der Waals surface area contributed by atoms with Gasteiger partial charge in [-0.3, -0.25) is 19.9 Å². The van der Waals surface area contributed by atoms with Gasteiger partial charge < -0.3 is 4.74 Å². The van der Waals surface area contributed by atoms with E-state index in [9.17, 15) is 14.9 Å². The second-order valence-corrected chi connectivity index (χ2v) is 5.95. The first-order chi connectivity index (χ1) is 9.36. The largest absolute Gasteiger partial charge is 0.469 e. The standard InChI is InChI=1S/C13H18N2O4S/c1-8-6-14-11(10(3)13(8)15(17)18)7-20-9(2)5-12(16)19-4/h6,9H,5,7H2,1-4H3. The number of methoxy groups -OCH3 is 1. The van der Waals surface area contributed by atoms with Crippen molar-refractivity contribution in [3.8, 4) is 0 Å². The van der Waals surface area contributed by atoms with Gasteiger partial charge in [0.1, 0.15) is 0 Å². The van der Waals surface area contributed by atoms with Crippen LogP contribution in [0.3, 0.4) is 0 Å². The van der Waals surface area contributed by atoms with Crippen molar-refractivity contribution >= 4 is 23.4 Å². The molecule has 6 nitrogen and oxygen atoms in total. The number of esters is 1. The molecule has 1 heterocycles. The molecule has 1 atom stereocenters. The minimum Gasteiger partial charge on any atom is -0.469 e. The third kappa shape index (κ3) is 4.19. The topological polar surface area (TPSA) is 82.3 Å². The van der Waals surface area contributed by atoms with E-state index in [2.05, 4.69) is 9.72 Å². The van der Waals surface area contributed by atoms with Crippen LogP contribution in [0.15, 0.2) is 6.20 Å². The Morgan fingerprint density at radius 2 is 2.20 bits per heavy atom. The summed E-state index contributed by atoms with van der Waals surface area (Å²) in [5.74, 6) is 0.273. The van der Waals surface area contributed by atoms with Crippen molar-refractivity contribution in [1.29, 1.82) is 0 Å². The predicted octanol–water partition coefficient (Wildman–Crippen LogP) is 2.79. The maximum absolute atomic E-state index is 11.1. The molecule has 20 heavy (non-hydrogen) atoms. The number of ether oxygens (including phenoxy) is 1. The smallest absolute Gasteiger partial charge is 0.306 e. The summed E-state index contributed by atoms with van der Waals surface area (Å²) in [4.78, 5) is 26.0. The molecule has 0 aromatic carbocycles. The highest BCUT2D eigenvalue weighted by molar-refractivity contribution is 7.99. The molecule has 0 saturated carbocycles. The van der Waals surface area contributed by atoms with Gasteiger partial charge in [0.25, 0.3) is 5.69 Å². The highest BCUT2D eigenvalue weighted by Crippen LogP contribution is 2.28. The average Bonchev–Trinajstić information content (AvgIpc) is 2.37. The molecule has 0 aliphatic rings. The van der Waals surface area contributed by atoms with Gasteiger partial charge in [-0.05, 0) is 13.8 Å². The van der Waals surface area contributed by atoms with E-state index in [-0.39, 0.29) is 21.8 Å². The van der Waals surface area contributed by atoms with Gasteiger partial charge in [-0.1, -0.05) is 6.92 Å². The van der Waals surface area contributed by atoms with Gasteiger partial charge >= 0.3 is 5.97 Å². The number of carbonyl (C=O) groups is 1. The van der Waals surface area contributed by atoms with Gasteiger partial charge in [-0.15, -0.1) is 0 Å². The van der Waals surface area contributed by atoms with Gasteiger partial charge in [0.05, 0.1) is 24.1 Å². The van der Waals surface area contributed by atoms with Crippen molar-refractivity contribution in [2.45, 2.75) is 38.2 Å². The van der Waals surface area contributed by atoms with Crippen LogP contribution in [0, 0.1) is 24.0 Å². The Morgan fingerprint density at radius 3 is 2.75 bits per heavy atom. The van der Waals surface area contributed by atoms with Crippen LogP contribution in [0.1, 0.15) is 30.2 Å². The minimum absolute atomic E-state index is 0.0732. The van der Waals surface area contributed by atoms with Gasteiger partial charge in [0.15, 0.2) is 0 Å². The molecule has 1 aromatic heterocycles. The quantitative estimate of drug-likeness (QED) is 0.456. The van der Waals surface area contributed by atoms with Crippen LogP contribution in [0.25, 0.3) is 0 Å². The number of hydrogen-bond donors (Lipinski definition) is 0. The first-order valence-corrected chi connectivity index (χ1v) is 7.19. The van der Waals surface area contributed by atoms with Crippen LogP contribution in [0.2, 0.25) is 0 Å². The summed E-state index contributed by atoms with van der Waals surface area (Å²) >= 11 is 1.53. The first kappa shape index (κ1) is 16.4. The lowest BCUT2D eigenvalue weighted by Gasteiger charge is -2.11. The van der Waals surface area contributed by atoms with Crippen LogP contribution in [0.4, 0.5) is 5.69 Å². The molecule has 0 aliphatic carbocycles. The fraction of sp³-hybridized carbons (Fsp3) is 0.538. The molecule has 7 heteroatoms. The normalized spacial score (nSPS) is 12.0. The number of rotatable bonds is 6. The van der Waals surface area contributed by atoms with E-state index in [0.29, 0.717) is 29.0 Å². The molecule has 0 fully saturated rings. The van der Waals surface area contributed by atoms with Crippen molar-refractivity contribution in [2.24, 2.45) is 0 Å². The lowest BCUT2D eigenvalue weighted by molar-refractivity contribution is -0.386. The van der Waals surface area contributed by atoms with Crippen LogP contribution in [-0.4, -0.2) is 28.2 Å². The molecule has 0 bridgehead atoms. The van der Waals surface area contributed by atoms with Crippen LogP contribution in [0.5, 0.6) is 0 Å². The molecule has 0 amide bonds. The van der Waals surface area contributed by atoms with Crippen molar-refractivity contribution in [3.05, 3.63) is 33.1 Å². The van der Waals surface area contributed by atoms with E-state index >= 15 is 0 Å². The zero-order valence-electron chi connectivity index (χ0n) is 12.0. The second kappa shape index (κ2) is 7.23. The Morgan fingerprint density at radius 1 is 1.55 bits per heavy atom. The van der Waals surface area contributed by atoms with Crippen LogP contribution < -0.4 is 0 Å². The summed E-state index contributed by atoms with van der Waals surface area (Å²) in [5, 5.41) is 11.1. The molecule has 1 unspecified atom stereocenters. The Hall–Kier alpha value is -1.63. The van der Waals surface area contributed by atoms with E-state index in [1.54, 1.807) is 13.8 Å². The monoisotopic (exact) mass is 298 g/mol. The number of hydrogen-bond acceptors (Lipinski definition) is 6. The van der Waals surface area contributed by atoms with Gasteiger partial charge in [0.2, 0.25) is 0 Å². The summed E-state index contributed by atoms with van der Waals surface area (Å²) in [6.45, 7) is 5.30. The van der Waals surface area contributed by atoms with Crippen molar-refractivity contribution in [2.75, 3.05) is 7.11 Å². The van der Waals surface area contributed by atoms with Gasteiger partial charge in [-0.2, -0.15) is 11.8 Å². The molecule has 0 N–H and O–H groups in total. The Kier molecular flexibility index (Phi) is 5.94. The number of pyridine rings is 1. The predicted molar refractivity (Wildman–Crippen MR) is 77.8 cm³/mol. The van der Waals surface area contributed by atoms with Gasteiger partial charge in [-0.25, -0.2) is 0 Å². The zero-order chi connectivity index (χ0) is 15.3. The lowest BCUT2D eigenvalue weighted by atomic mass is 10.1. The number of thioether (sulfide) groups is 1. The Bertz CT molecular complexity index is 519. The number of carbonyl (C=O) groups excluding carboxylic acids is 1. The summed E-state index contributed by atoms with van der Waals surface area (Å²) in [5.41, 5.74) is 1.96. The molecule has 1 rings (SSSR count). The molecule has 1 aromatic rings. The molecule has 110 valence electrons. The summed E-state index contributed by atoms with van der Waals surface area (Å²) in [6.07, 6.45) is 1.83. The SMILES string of the molecule is COC(=O)CC(C)SCc1ncc(C)c([N+](=O)[O-])c1C. The van der Waals surface area contributed by atoms with E-state index in [1.807, 2.05) is 6.92 Å². The first-order valence-electron chi connectivity index (χ1n) is 6.14. The second-order valence-electron chi connectivity index (χ2n) is 4.52. The summed E-state index contributed by atoms with van der Waals surface area (Å²) in [6, 6.07) is 0. The molecular weight excluding hydrogens is 280 g/mol. The fourth-order valence-electron chi connectivity index (χ4n) is 1.79. The van der Waals surface area contributed by atoms with Crippen molar-refractivity contribution in [3.63, 3.8) is 0 Å². The van der Waals surface area contributed by atoms with E-state index in [0.717, 1.165) is 0 Å². The molecule has 0 spiro atoms. The highest BCUT2D eigenvalue weighted by Gasteiger charge is 2.19. The molecule has 0 radical (unpaired) electrons. The number of aromatic nitrogens is 1. The van der Waals surface area contributed by atoms with Crippen LogP contribution in [-0.2, 0) is 15.3 Å².